The van der Waals surface area contributed by atoms with Crippen molar-refractivity contribution in [2.75, 3.05) is 17.1 Å². The quantitative estimate of drug-likeness (QED) is 0.796. The molecule has 0 radical (unpaired) electrons. The molecule has 9 nitrogen and oxygen atoms in total. The first-order valence-electron chi connectivity index (χ1n) is 4.84. The maximum atomic E-state index is 11.9. The summed E-state index contributed by atoms with van der Waals surface area (Å²) >= 11 is 0. The molecule has 0 saturated carbocycles. The summed E-state index contributed by atoms with van der Waals surface area (Å²) in [6, 6.07) is -0.204. The van der Waals surface area contributed by atoms with Crippen molar-refractivity contribution in [2.45, 2.75) is 11.8 Å². The Morgan fingerprint density at radius 1 is 1.22 bits per heavy atom. The number of rotatable bonds is 4. The van der Waals surface area contributed by atoms with Crippen molar-refractivity contribution in [3.8, 4) is 0 Å². The highest BCUT2D eigenvalue weighted by Gasteiger charge is 2.18. The standard InChI is InChI=1S/C8H10N6O3S/c1-5-12-13-8(17-5)14-18(15,16)6-3-10-7(9-2)11-4-6/h3-4H,1-2H3,(H,13,14)(H,9,10,11). The van der Waals surface area contributed by atoms with Gasteiger partial charge in [0.2, 0.25) is 11.8 Å². The molecule has 0 amide bonds. The molecule has 0 unspecified atom stereocenters. The van der Waals surface area contributed by atoms with Gasteiger partial charge >= 0.3 is 6.01 Å². The molecule has 0 spiro atoms. The van der Waals surface area contributed by atoms with Crippen LogP contribution >= 0.6 is 0 Å². The minimum atomic E-state index is -3.82. The van der Waals surface area contributed by atoms with E-state index in [1.807, 2.05) is 0 Å². The topological polar surface area (TPSA) is 123 Å². The molecule has 0 atom stereocenters. The van der Waals surface area contributed by atoms with E-state index in [0.717, 1.165) is 0 Å². The Labute approximate surface area is 103 Å². The maximum absolute atomic E-state index is 11.9. The van der Waals surface area contributed by atoms with Crippen LogP contribution in [0.3, 0.4) is 0 Å². The Bertz CT molecular complexity index is 635. The van der Waals surface area contributed by atoms with Gasteiger partial charge < -0.3 is 9.73 Å². The average Bonchev–Trinajstić information content (AvgIpc) is 2.74. The van der Waals surface area contributed by atoms with Crippen LogP contribution in [-0.2, 0) is 10.0 Å². The lowest BCUT2D eigenvalue weighted by Gasteiger charge is -2.03. The second-order valence-electron chi connectivity index (χ2n) is 3.22. The second kappa shape index (κ2) is 4.56. The van der Waals surface area contributed by atoms with Gasteiger partial charge in [-0.15, -0.1) is 5.10 Å². The lowest BCUT2D eigenvalue weighted by atomic mass is 10.7. The van der Waals surface area contributed by atoms with Gasteiger partial charge in [-0.3, -0.25) is 0 Å². The van der Waals surface area contributed by atoms with Gasteiger partial charge in [-0.1, -0.05) is 5.10 Å². The number of hydrogen-bond donors (Lipinski definition) is 2. The second-order valence-corrected chi connectivity index (χ2v) is 4.91. The van der Waals surface area contributed by atoms with E-state index in [1.165, 1.54) is 12.4 Å². The zero-order chi connectivity index (χ0) is 13.2. The number of aryl methyl sites for hydroxylation is 1. The van der Waals surface area contributed by atoms with E-state index in [1.54, 1.807) is 14.0 Å². The Morgan fingerprint density at radius 2 is 1.89 bits per heavy atom. The van der Waals surface area contributed by atoms with Crippen LogP contribution in [0.4, 0.5) is 12.0 Å². The van der Waals surface area contributed by atoms with Gasteiger partial charge in [-0.25, -0.2) is 23.1 Å². The molecule has 0 saturated heterocycles. The lowest BCUT2D eigenvalue weighted by Crippen LogP contribution is -2.14. The summed E-state index contributed by atoms with van der Waals surface area (Å²) in [5.41, 5.74) is 0. The smallest absolute Gasteiger partial charge is 0.329 e. The highest BCUT2D eigenvalue weighted by molar-refractivity contribution is 7.92. The highest BCUT2D eigenvalue weighted by Crippen LogP contribution is 2.13. The van der Waals surface area contributed by atoms with E-state index in [0.29, 0.717) is 5.95 Å². The van der Waals surface area contributed by atoms with Gasteiger partial charge in [0.05, 0.1) is 12.4 Å². The molecule has 0 aromatic carbocycles. The van der Waals surface area contributed by atoms with Gasteiger partial charge in [0.15, 0.2) is 0 Å². The highest BCUT2D eigenvalue weighted by atomic mass is 32.2. The molecule has 96 valence electrons. The summed E-state index contributed by atoms with van der Waals surface area (Å²) in [6.45, 7) is 1.55. The van der Waals surface area contributed by atoms with E-state index in [-0.39, 0.29) is 16.8 Å². The first kappa shape index (κ1) is 12.2. The molecular formula is C8H10N6O3S. The largest absolute Gasteiger partial charge is 0.408 e. The molecule has 0 aliphatic rings. The number of sulfonamides is 1. The van der Waals surface area contributed by atoms with E-state index in [4.69, 9.17) is 4.42 Å². The fraction of sp³-hybridized carbons (Fsp3) is 0.250. The van der Waals surface area contributed by atoms with E-state index in [2.05, 4.69) is 30.2 Å². The van der Waals surface area contributed by atoms with Crippen LogP contribution in [0.25, 0.3) is 0 Å². The minimum absolute atomic E-state index is 0.0997. The van der Waals surface area contributed by atoms with Crippen LogP contribution in [0.15, 0.2) is 21.7 Å². The van der Waals surface area contributed by atoms with Crippen molar-refractivity contribution in [3.05, 3.63) is 18.3 Å². The third kappa shape index (κ3) is 2.53. The zero-order valence-electron chi connectivity index (χ0n) is 9.58. The fourth-order valence-electron chi connectivity index (χ4n) is 1.10. The molecular weight excluding hydrogens is 260 g/mol. The number of aromatic nitrogens is 4. The third-order valence-electron chi connectivity index (χ3n) is 1.91. The predicted octanol–water partition coefficient (Wildman–Crippen LogP) is 0.0105. The van der Waals surface area contributed by atoms with Crippen molar-refractivity contribution in [1.29, 1.82) is 0 Å². The normalized spacial score (nSPS) is 11.2. The molecule has 10 heteroatoms. The number of hydrogen-bond acceptors (Lipinski definition) is 8. The van der Waals surface area contributed by atoms with E-state index >= 15 is 0 Å². The maximum Gasteiger partial charge on any atom is 0.329 e. The van der Waals surface area contributed by atoms with Gasteiger partial charge in [0.1, 0.15) is 4.90 Å². The van der Waals surface area contributed by atoms with Crippen LogP contribution in [0.2, 0.25) is 0 Å². The van der Waals surface area contributed by atoms with Crippen LogP contribution in [0.1, 0.15) is 5.89 Å². The van der Waals surface area contributed by atoms with E-state index in [9.17, 15) is 8.42 Å². The molecule has 18 heavy (non-hydrogen) atoms. The van der Waals surface area contributed by atoms with Gasteiger partial charge in [-0.2, -0.15) is 0 Å². The summed E-state index contributed by atoms with van der Waals surface area (Å²) in [6.07, 6.45) is 2.34. The van der Waals surface area contributed by atoms with Gasteiger partial charge in [0.25, 0.3) is 10.0 Å². The minimum Gasteiger partial charge on any atom is -0.408 e. The zero-order valence-corrected chi connectivity index (χ0v) is 10.4. The van der Waals surface area contributed by atoms with Gasteiger partial charge in [-0.05, 0) is 0 Å². The summed E-state index contributed by atoms with van der Waals surface area (Å²) in [7, 11) is -2.20. The van der Waals surface area contributed by atoms with Gasteiger partial charge in [0, 0.05) is 14.0 Å². The Balaban J connectivity index is 2.24. The van der Waals surface area contributed by atoms with Crippen molar-refractivity contribution in [1.82, 2.24) is 20.2 Å². The SMILES string of the molecule is CNc1ncc(S(=O)(=O)Nc2nnc(C)o2)cn1. The van der Waals surface area contributed by atoms with Crippen LogP contribution in [0.5, 0.6) is 0 Å². The van der Waals surface area contributed by atoms with Crippen LogP contribution in [0, 0.1) is 6.92 Å². The Morgan fingerprint density at radius 3 is 2.39 bits per heavy atom. The monoisotopic (exact) mass is 270 g/mol. The van der Waals surface area contributed by atoms with Crippen molar-refractivity contribution >= 4 is 22.0 Å². The summed E-state index contributed by atoms with van der Waals surface area (Å²) in [5.74, 6) is 0.581. The summed E-state index contributed by atoms with van der Waals surface area (Å²) in [4.78, 5) is 7.50. The molecule has 0 fully saturated rings. The number of nitrogens with one attached hydrogen (secondary N) is 2. The molecule has 2 heterocycles. The molecule has 2 N–H and O–H groups in total. The lowest BCUT2D eigenvalue weighted by molar-refractivity contribution is 0.534. The van der Waals surface area contributed by atoms with Crippen LogP contribution < -0.4 is 10.0 Å². The third-order valence-corrected chi connectivity index (χ3v) is 3.18. The Kier molecular flexibility index (Phi) is 3.10. The molecule has 0 aliphatic carbocycles. The molecule has 0 bridgehead atoms. The van der Waals surface area contributed by atoms with Crippen molar-refractivity contribution in [2.24, 2.45) is 0 Å². The van der Waals surface area contributed by atoms with Crippen molar-refractivity contribution < 1.29 is 12.8 Å². The summed E-state index contributed by atoms with van der Waals surface area (Å²) in [5, 5.41) is 9.72. The first-order chi connectivity index (χ1) is 8.51. The molecule has 2 aromatic heterocycles. The van der Waals surface area contributed by atoms with Crippen LogP contribution in [-0.4, -0.2) is 35.6 Å². The van der Waals surface area contributed by atoms with Crippen molar-refractivity contribution in [3.63, 3.8) is 0 Å². The predicted molar refractivity (Wildman–Crippen MR) is 61.4 cm³/mol. The van der Waals surface area contributed by atoms with E-state index < -0.39 is 10.0 Å². The average molecular weight is 270 g/mol. The molecule has 2 aromatic rings. The first-order valence-corrected chi connectivity index (χ1v) is 6.32. The summed E-state index contributed by atoms with van der Waals surface area (Å²) < 4.78 is 30.8. The fourth-order valence-corrected chi connectivity index (χ4v) is 1.91. The molecule has 2 rings (SSSR count). The molecule has 0 aliphatic heterocycles. The number of anilines is 2. The number of nitrogens with zero attached hydrogens (tertiary/aromatic N) is 4. The Hall–Kier alpha value is -2.23.